The molecule has 1 N–H and O–H groups in total. The first-order valence-electron chi connectivity index (χ1n) is 9.76. The van der Waals surface area contributed by atoms with Gasteiger partial charge in [0.2, 0.25) is 0 Å². The highest BCUT2D eigenvalue weighted by Gasteiger charge is 2.27. The van der Waals surface area contributed by atoms with Crippen molar-refractivity contribution in [2.75, 3.05) is 33.9 Å². The molecule has 1 aromatic heterocycles. The Morgan fingerprint density at radius 2 is 2.04 bits per heavy atom. The Morgan fingerprint density at radius 3 is 2.79 bits per heavy atom. The summed E-state index contributed by atoms with van der Waals surface area (Å²) < 4.78 is 10.6. The molecule has 0 radical (unpaired) electrons. The first-order chi connectivity index (χ1) is 13.7. The number of nitrogens with zero attached hydrogens (tertiary/aromatic N) is 3. The second-order valence-electron chi connectivity index (χ2n) is 7.27. The van der Waals surface area contributed by atoms with Crippen LogP contribution in [0, 0.1) is 0 Å². The van der Waals surface area contributed by atoms with Crippen molar-refractivity contribution in [3.05, 3.63) is 47.0 Å². The highest BCUT2D eigenvalue weighted by Crippen LogP contribution is 2.28. The van der Waals surface area contributed by atoms with Gasteiger partial charge in [0.15, 0.2) is 0 Å². The number of hydrogen-bond acceptors (Lipinski definition) is 6. The molecule has 0 spiro atoms. The molecule has 2 aliphatic rings. The summed E-state index contributed by atoms with van der Waals surface area (Å²) in [4.78, 5) is 24.4. The summed E-state index contributed by atoms with van der Waals surface area (Å²) in [5, 5.41) is 3.38. The van der Waals surface area contributed by atoms with Crippen molar-refractivity contribution in [2.45, 2.75) is 31.7 Å². The average molecular weight is 382 g/mol. The Kier molecular flexibility index (Phi) is 5.43. The highest BCUT2D eigenvalue weighted by molar-refractivity contribution is 5.97. The average Bonchev–Trinajstić information content (AvgIpc) is 2.78. The smallest absolute Gasteiger partial charge is 0.257 e. The van der Waals surface area contributed by atoms with Gasteiger partial charge in [0.25, 0.3) is 5.91 Å². The van der Waals surface area contributed by atoms with Gasteiger partial charge in [-0.2, -0.15) is 0 Å². The van der Waals surface area contributed by atoms with E-state index in [2.05, 4.69) is 10.3 Å². The molecule has 2 aromatic rings. The molecule has 0 saturated carbocycles. The third kappa shape index (κ3) is 3.67. The van der Waals surface area contributed by atoms with E-state index < -0.39 is 0 Å². The molecule has 0 bridgehead atoms. The molecule has 1 saturated heterocycles. The summed E-state index contributed by atoms with van der Waals surface area (Å²) in [7, 11) is 3.16. The van der Waals surface area contributed by atoms with Gasteiger partial charge in [-0.3, -0.25) is 4.79 Å². The largest absolute Gasteiger partial charge is 0.497 e. The Hall–Kier alpha value is -2.67. The van der Waals surface area contributed by atoms with Gasteiger partial charge in [-0.25, -0.2) is 9.97 Å². The molecule has 2 aliphatic heterocycles. The van der Waals surface area contributed by atoms with E-state index >= 15 is 0 Å². The normalized spacial score (nSPS) is 17.1. The van der Waals surface area contributed by atoms with E-state index in [1.807, 2.05) is 11.1 Å². The van der Waals surface area contributed by atoms with Gasteiger partial charge < -0.3 is 19.7 Å². The number of carbonyl (C=O) groups is 1. The minimum atomic E-state index is -0.0485. The van der Waals surface area contributed by atoms with Crippen LogP contribution in [0.15, 0.2) is 24.4 Å². The zero-order valence-corrected chi connectivity index (χ0v) is 16.4. The number of ether oxygens (including phenoxy) is 2. The lowest BCUT2D eigenvalue weighted by molar-refractivity contribution is 0.0729. The van der Waals surface area contributed by atoms with Crippen LogP contribution in [0.2, 0.25) is 0 Å². The molecule has 1 aromatic carbocycles. The number of amides is 1. The first kappa shape index (κ1) is 18.7. The minimum Gasteiger partial charge on any atom is -0.497 e. The highest BCUT2D eigenvalue weighted by atomic mass is 16.5. The van der Waals surface area contributed by atoms with E-state index in [0.717, 1.165) is 49.4 Å². The van der Waals surface area contributed by atoms with Crippen LogP contribution in [0.4, 0.5) is 0 Å². The molecule has 148 valence electrons. The van der Waals surface area contributed by atoms with E-state index in [1.54, 1.807) is 32.4 Å². The number of rotatable bonds is 4. The van der Waals surface area contributed by atoms with Crippen molar-refractivity contribution in [3.8, 4) is 11.5 Å². The van der Waals surface area contributed by atoms with Crippen molar-refractivity contribution in [1.82, 2.24) is 20.2 Å². The number of carbonyl (C=O) groups excluding carboxylic acids is 1. The number of benzene rings is 1. The van der Waals surface area contributed by atoms with Crippen molar-refractivity contribution in [3.63, 3.8) is 0 Å². The fraction of sp³-hybridized carbons (Fsp3) is 0.476. The first-order valence-corrected chi connectivity index (χ1v) is 9.76. The zero-order valence-electron chi connectivity index (χ0n) is 16.4. The molecule has 0 unspecified atom stereocenters. The van der Waals surface area contributed by atoms with E-state index in [1.165, 1.54) is 0 Å². The van der Waals surface area contributed by atoms with Crippen LogP contribution in [-0.4, -0.2) is 54.6 Å². The van der Waals surface area contributed by atoms with Crippen LogP contribution in [-0.2, 0) is 13.0 Å². The third-order valence-corrected chi connectivity index (χ3v) is 5.58. The second kappa shape index (κ2) is 8.14. The van der Waals surface area contributed by atoms with E-state index in [9.17, 15) is 4.79 Å². The molecule has 7 nitrogen and oxygen atoms in total. The Balaban J connectivity index is 1.51. The van der Waals surface area contributed by atoms with Crippen molar-refractivity contribution in [2.24, 2.45) is 0 Å². The number of nitrogens with one attached hydrogen (secondary N) is 1. The van der Waals surface area contributed by atoms with Crippen LogP contribution in [0.3, 0.4) is 0 Å². The molecule has 0 atom stereocenters. The molecule has 7 heteroatoms. The van der Waals surface area contributed by atoms with Gasteiger partial charge in [0, 0.05) is 43.3 Å². The summed E-state index contributed by atoms with van der Waals surface area (Å²) in [6.07, 6.45) is 4.83. The fourth-order valence-electron chi connectivity index (χ4n) is 3.93. The number of piperidine rings is 1. The number of fused-ring (bicyclic) bond motifs is 1. The van der Waals surface area contributed by atoms with Gasteiger partial charge >= 0.3 is 0 Å². The Labute approximate surface area is 165 Å². The van der Waals surface area contributed by atoms with Crippen LogP contribution < -0.4 is 14.8 Å². The van der Waals surface area contributed by atoms with Crippen molar-refractivity contribution < 1.29 is 14.3 Å². The topological polar surface area (TPSA) is 76.6 Å². The van der Waals surface area contributed by atoms with Crippen LogP contribution in [0.25, 0.3) is 0 Å². The van der Waals surface area contributed by atoms with Gasteiger partial charge in [-0.15, -0.1) is 0 Å². The van der Waals surface area contributed by atoms with Gasteiger partial charge in [0.05, 0.1) is 25.5 Å². The number of methoxy groups -OCH3 is 2. The van der Waals surface area contributed by atoms with E-state index in [0.29, 0.717) is 36.1 Å². The predicted molar refractivity (Wildman–Crippen MR) is 105 cm³/mol. The molecular weight excluding hydrogens is 356 g/mol. The second-order valence-corrected chi connectivity index (χ2v) is 7.27. The Bertz CT molecular complexity index is 865. The summed E-state index contributed by atoms with van der Waals surface area (Å²) in [6.45, 7) is 3.22. The molecule has 28 heavy (non-hydrogen) atoms. The summed E-state index contributed by atoms with van der Waals surface area (Å²) in [5.74, 6) is 2.53. The Morgan fingerprint density at radius 1 is 1.21 bits per heavy atom. The van der Waals surface area contributed by atoms with Crippen LogP contribution >= 0.6 is 0 Å². The minimum absolute atomic E-state index is 0.0485. The monoisotopic (exact) mass is 382 g/mol. The number of aromatic nitrogens is 2. The maximum atomic E-state index is 13.1. The standard InChI is InChI=1S/C21H26N4O3/c1-27-16-3-4-17(19(11-16)28-2)21(26)25-10-7-18-15(13-25)12-23-20(24-18)14-5-8-22-9-6-14/h3-4,11-12,14,22H,5-10,13H2,1-2H3. The van der Waals surface area contributed by atoms with Gasteiger partial charge in [-0.1, -0.05) is 0 Å². The molecule has 1 fully saturated rings. The lowest BCUT2D eigenvalue weighted by Gasteiger charge is -2.29. The fourth-order valence-corrected chi connectivity index (χ4v) is 3.93. The lowest BCUT2D eigenvalue weighted by Crippen LogP contribution is -2.37. The van der Waals surface area contributed by atoms with Crippen LogP contribution in [0.1, 0.15) is 46.2 Å². The van der Waals surface area contributed by atoms with Crippen LogP contribution in [0.5, 0.6) is 11.5 Å². The summed E-state index contributed by atoms with van der Waals surface area (Å²) >= 11 is 0. The van der Waals surface area contributed by atoms with E-state index in [-0.39, 0.29) is 5.91 Å². The lowest BCUT2D eigenvalue weighted by atomic mass is 9.96. The number of hydrogen-bond donors (Lipinski definition) is 1. The molecule has 3 heterocycles. The summed E-state index contributed by atoms with van der Waals surface area (Å²) in [5.41, 5.74) is 2.65. The SMILES string of the molecule is COc1ccc(C(=O)N2CCc3nc(C4CCNCC4)ncc3C2)c(OC)c1. The quantitative estimate of drug-likeness (QED) is 0.873. The maximum Gasteiger partial charge on any atom is 0.257 e. The van der Waals surface area contributed by atoms with E-state index in [4.69, 9.17) is 14.5 Å². The molecule has 0 aliphatic carbocycles. The zero-order chi connectivity index (χ0) is 19.5. The van der Waals surface area contributed by atoms with Gasteiger partial charge in [-0.05, 0) is 38.1 Å². The van der Waals surface area contributed by atoms with Gasteiger partial charge in [0.1, 0.15) is 17.3 Å². The van der Waals surface area contributed by atoms with Crippen molar-refractivity contribution >= 4 is 5.91 Å². The molecule has 4 rings (SSSR count). The predicted octanol–water partition coefficient (Wildman–Crippen LogP) is 2.16. The third-order valence-electron chi connectivity index (χ3n) is 5.58. The maximum absolute atomic E-state index is 13.1. The van der Waals surface area contributed by atoms with Crippen molar-refractivity contribution in [1.29, 1.82) is 0 Å². The molecular formula is C21H26N4O3. The molecule has 1 amide bonds. The summed E-state index contributed by atoms with van der Waals surface area (Å²) in [6, 6.07) is 5.27.